The molecule has 2 aliphatic heterocycles. The highest BCUT2D eigenvalue weighted by Gasteiger charge is 2.15. The zero-order valence-electron chi connectivity index (χ0n) is 25.1. The molecule has 0 unspecified atom stereocenters. The molecule has 0 saturated carbocycles. The number of carbonyl (C=O) groups excluding carboxylic acids is 2. The van der Waals surface area contributed by atoms with Gasteiger partial charge in [0.05, 0.1) is 64.4 Å². The maximum absolute atomic E-state index is 12.0. The van der Waals surface area contributed by atoms with Crippen LogP contribution in [-0.4, -0.2) is 101 Å². The summed E-state index contributed by atoms with van der Waals surface area (Å²) >= 11 is 29.0. The van der Waals surface area contributed by atoms with Gasteiger partial charge < -0.3 is 25.4 Å². The molecular formula is C30H33Cl5N8O4. The molecule has 0 radical (unpaired) electrons. The number of carbonyl (C=O) groups is 2. The maximum atomic E-state index is 12.0. The number of halogens is 5. The Morgan fingerprint density at radius 1 is 0.702 bits per heavy atom. The standard InChI is InChI=1S/C15H16Cl2N4O2.C11H8Cl3N3O.C4H9NO/c16-12-2-1-11(9-13(12)17)21-4-3-14(19-21)18-15(22)10-20-5-7-23-8-6-20;12-6-11(18)15-10-3-4-17(16-10)7-1-2-8(13)9(14)5-7;1-3-6-4-2-5-1/h1-4,9H,5-8,10H2,(H,18,19,22);1-5H,6H2,(H,15,16,18);5H,1-4H2. The van der Waals surface area contributed by atoms with E-state index in [9.17, 15) is 9.59 Å². The summed E-state index contributed by atoms with van der Waals surface area (Å²) in [6, 6.07) is 13.8. The van der Waals surface area contributed by atoms with Crippen molar-refractivity contribution >= 4 is 81.5 Å². The normalized spacial score (nSPS) is 14.7. The molecule has 0 spiro atoms. The van der Waals surface area contributed by atoms with Crippen LogP contribution in [0, 0.1) is 0 Å². The number of anilines is 2. The summed E-state index contributed by atoms with van der Waals surface area (Å²) in [5, 5.41) is 18.8. The van der Waals surface area contributed by atoms with Gasteiger partial charge >= 0.3 is 0 Å². The Morgan fingerprint density at radius 3 is 1.62 bits per heavy atom. The summed E-state index contributed by atoms with van der Waals surface area (Å²) < 4.78 is 13.5. The van der Waals surface area contributed by atoms with Gasteiger partial charge in [0.1, 0.15) is 5.88 Å². The Balaban J connectivity index is 0.000000184. The Labute approximate surface area is 297 Å². The van der Waals surface area contributed by atoms with Gasteiger partial charge in [-0.3, -0.25) is 14.5 Å². The summed E-state index contributed by atoms with van der Waals surface area (Å²) in [6.45, 7) is 7.04. The van der Waals surface area contributed by atoms with Crippen molar-refractivity contribution in [3.63, 3.8) is 0 Å². The molecule has 17 heteroatoms. The van der Waals surface area contributed by atoms with E-state index in [-0.39, 0.29) is 17.7 Å². The van der Waals surface area contributed by atoms with E-state index in [1.807, 2.05) is 0 Å². The van der Waals surface area contributed by atoms with Gasteiger partial charge in [-0.05, 0) is 36.4 Å². The number of ether oxygens (including phenoxy) is 2. The molecule has 4 aromatic rings. The molecule has 2 aliphatic rings. The van der Waals surface area contributed by atoms with E-state index in [0.717, 1.165) is 50.8 Å². The molecule has 0 atom stereocenters. The van der Waals surface area contributed by atoms with Crippen LogP contribution in [0.2, 0.25) is 20.1 Å². The van der Waals surface area contributed by atoms with Crippen LogP contribution in [0.15, 0.2) is 60.9 Å². The SMILES string of the molecule is C1COCCN1.O=C(CCl)Nc1ccn(-c2ccc(Cl)c(Cl)c2)n1.O=C(CN1CCOCC1)Nc1ccn(-c2ccc(Cl)c(Cl)c2)n1. The summed E-state index contributed by atoms with van der Waals surface area (Å²) in [5.41, 5.74) is 1.52. The molecule has 12 nitrogen and oxygen atoms in total. The molecule has 47 heavy (non-hydrogen) atoms. The third kappa shape index (κ3) is 12.2. The van der Waals surface area contributed by atoms with Crippen molar-refractivity contribution in [1.82, 2.24) is 29.8 Å². The van der Waals surface area contributed by atoms with E-state index in [4.69, 9.17) is 67.5 Å². The fourth-order valence-corrected chi connectivity index (χ4v) is 4.81. The van der Waals surface area contributed by atoms with Gasteiger partial charge in [-0.1, -0.05) is 46.4 Å². The maximum Gasteiger partial charge on any atom is 0.240 e. The highest BCUT2D eigenvalue weighted by molar-refractivity contribution is 6.42. The van der Waals surface area contributed by atoms with Crippen molar-refractivity contribution in [2.24, 2.45) is 0 Å². The number of nitrogens with zero attached hydrogens (tertiary/aromatic N) is 5. The summed E-state index contributed by atoms with van der Waals surface area (Å²) in [5.74, 6) is 0.406. The Kier molecular flexibility index (Phi) is 15.1. The molecule has 0 aliphatic carbocycles. The number of hydrogen-bond acceptors (Lipinski definition) is 8. The van der Waals surface area contributed by atoms with Gasteiger partial charge in [0.15, 0.2) is 11.6 Å². The van der Waals surface area contributed by atoms with Crippen molar-refractivity contribution in [2.75, 3.05) is 75.7 Å². The first-order valence-electron chi connectivity index (χ1n) is 14.5. The first-order chi connectivity index (χ1) is 22.7. The zero-order chi connectivity index (χ0) is 33.6. The van der Waals surface area contributed by atoms with E-state index in [1.54, 1.807) is 70.3 Å². The molecule has 2 aromatic carbocycles. The van der Waals surface area contributed by atoms with Crippen molar-refractivity contribution in [2.45, 2.75) is 0 Å². The lowest BCUT2D eigenvalue weighted by Gasteiger charge is -2.25. The highest BCUT2D eigenvalue weighted by Crippen LogP contribution is 2.25. The fraction of sp³-hybridized carbons (Fsp3) is 0.333. The van der Waals surface area contributed by atoms with Gasteiger partial charge in [0, 0.05) is 50.7 Å². The van der Waals surface area contributed by atoms with Gasteiger partial charge in [-0.15, -0.1) is 11.6 Å². The number of alkyl halides is 1. The average Bonchev–Trinajstić information content (AvgIpc) is 3.75. The predicted octanol–water partition coefficient (Wildman–Crippen LogP) is 5.41. The quantitative estimate of drug-likeness (QED) is 0.215. The van der Waals surface area contributed by atoms with Crippen LogP contribution in [-0.2, 0) is 19.1 Å². The number of nitrogens with one attached hydrogen (secondary N) is 3. The van der Waals surface area contributed by atoms with Gasteiger partial charge in [-0.25, -0.2) is 9.36 Å². The molecule has 2 fully saturated rings. The average molecular weight is 747 g/mol. The minimum atomic E-state index is -0.309. The van der Waals surface area contributed by atoms with Crippen molar-refractivity contribution in [3.8, 4) is 11.4 Å². The molecule has 2 aromatic heterocycles. The topological polar surface area (TPSA) is 128 Å². The summed E-state index contributed by atoms with van der Waals surface area (Å²) in [6.07, 6.45) is 3.45. The molecule has 252 valence electrons. The van der Waals surface area contributed by atoms with Crippen LogP contribution in [0.1, 0.15) is 0 Å². The monoisotopic (exact) mass is 744 g/mol. The second-order valence-corrected chi connectivity index (χ2v) is 11.9. The largest absolute Gasteiger partial charge is 0.379 e. The van der Waals surface area contributed by atoms with Crippen LogP contribution in [0.5, 0.6) is 0 Å². The molecule has 2 saturated heterocycles. The van der Waals surface area contributed by atoms with Crippen molar-refractivity contribution < 1.29 is 19.1 Å². The van der Waals surface area contributed by atoms with E-state index in [0.29, 0.717) is 51.5 Å². The number of aromatic nitrogens is 4. The predicted molar refractivity (Wildman–Crippen MR) is 186 cm³/mol. The van der Waals surface area contributed by atoms with Gasteiger partial charge in [-0.2, -0.15) is 10.2 Å². The second-order valence-electron chi connectivity index (χ2n) is 9.97. The highest BCUT2D eigenvalue weighted by atomic mass is 35.5. The number of morpholine rings is 2. The van der Waals surface area contributed by atoms with Crippen LogP contribution >= 0.6 is 58.0 Å². The Bertz CT molecular complexity index is 1600. The van der Waals surface area contributed by atoms with E-state index in [2.05, 4.69) is 31.0 Å². The smallest absolute Gasteiger partial charge is 0.240 e. The zero-order valence-corrected chi connectivity index (χ0v) is 28.9. The molecule has 3 N–H and O–H groups in total. The Morgan fingerprint density at radius 2 is 1.19 bits per heavy atom. The molecular weight excluding hydrogens is 714 g/mol. The van der Waals surface area contributed by atoms with Crippen molar-refractivity contribution in [3.05, 3.63) is 81.0 Å². The Hall–Kier alpha value is -2.91. The first-order valence-corrected chi connectivity index (χ1v) is 16.5. The number of hydrogen-bond donors (Lipinski definition) is 3. The molecule has 4 heterocycles. The van der Waals surface area contributed by atoms with Crippen LogP contribution in [0.4, 0.5) is 11.6 Å². The lowest BCUT2D eigenvalue weighted by molar-refractivity contribution is -0.118. The minimum absolute atomic E-state index is 0.0914. The lowest BCUT2D eigenvalue weighted by Crippen LogP contribution is -2.41. The van der Waals surface area contributed by atoms with E-state index < -0.39 is 0 Å². The van der Waals surface area contributed by atoms with Crippen LogP contribution in [0.3, 0.4) is 0 Å². The third-order valence-corrected chi connectivity index (χ3v) is 8.21. The summed E-state index contributed by atoms with van der Waals surface area (Å²) in [7, 11) is 0. The fourth-order valence-electron chi connectivity index (χ4n) is 4.16. The second kappa shape index (κ2) is 19.2. The van der Waals surface area contributed by atoms with Crippen LogP contribution in [0.25, 0.3) is 11.4 Å². The van der Waals surface area contributed by atoms with Crippen LogP contribution < -0.4 is 16.0 Å². The lowest BCUT2D eigenvalue weighted by atomic mass is 10.3. The van der Waals surface area contributed by atoms with Crippen molar-refractivity contribution in [1.29, 1.82) is 0 Å². The number of amides is 2. The number of rotatable bonds is 7. The number of benzene rings is 2. The summed E-state index contributed by atoms with van der Waals surface area (Å²) in [4.78, 5) is 25.2. The van der Waals surface area contributed by atoms with E-state index in [1.165, 1.54) is 0 Å². The van der Waals surface area contributed by atoms with Gasteiger partial charge in [0.25, 0.3) is 0 Å². The third-order valence-electron chi connectivity index (χ3n) is 6.49. The molecule has 0 bridgehead atoms. The molecule has 2 amide bonds. The van der Waals surface area contributed by atoms with E-state index >= 15 is 0 Å². The first kappa shape index (κ1) is 36.9. The molecule has 6 rings (SSSR count). The van der Waals surface area contributed by atoms with Gasteiger partial charge in [0.2, 0.25) is 11.8 Å². The minimum Gasteiger partial charge on any atom is -0.379 e.